The molecule has 4 aromatic rings. The topological polar surface area (TPSA) is 128 Å². The maximum absolute atomic E-state index is 14.4. The summed E-state index contributed by atoms with van der Waals surface area (Å²) in [4.78, 5) is 37.7. The largest absolute Gasteiger partial charge is 0.447 e. The van der Waals surface area contributed by atoms with Crippen LogP contribution in [0.2, 0.25) is 5.02 Å². The number of carbonyl (C=O) groups excluding carboxylic acids is 2. The van der Waals surface area contributed by atoms with Gasteiger partial charge in [-0.25, -0.2) is 9.48 Å². The van der Waals surface area contributed by atoms with Crippen LogP contribution in [0.3, 0.4) is 0 Å². The Labute approximate surface area is 283 Å². The number of aliphatic imine (C=N–C) groups is 1. The molecule has 2 aromatic heterocycles. The van der Waals surface area contributed by atoms with Crippen LogP contribution in [0.4, 0.5) is 13.6 Å². The van der Waals surface area contributed by atoms with Crippen LogP contribution in [0.25, 0.3) is 22.4 Å². The predicted octanol–water partition coefficient (Wildman–Crippen LogP) is 7.48. The number of ether oxygens (including phenoxy) is 1. The Balaban J connectivity index is 1.56. The van der Waals surface area contributed by atoms with Crippen LogP contribution < -0.4 is 11.1 Å². The van der Waals surface area contributed by atoms with Crippen molar-refractivity contribution in [1.29, 1.82) is 0 Å². The molecule has 0 saturated heterocycles. The number of nitrogens with zero attached hydrogens (tertiary/aromatic N) is 5. The molecule has 252 valence electrons. The zero-order chi connectivity index (χ0) is 34.6. The summed E-state index contributed by atoms with van der Waals surface area (Å²) < 4.78 is 32.5. The molecule has 2 heterocycles. The van der Waals surface area contributed by atoms with E-state index in [0.29, 0.717) is 44.2 Å². The fourth-order valence-corrected chi connectivity index (χ4v) is 5.09. The van der Waals surface area contributed by atoms with Crippen LogP contribution in [0.5, 0.6) is 0 Å². The van der Waals surface area contributed by atoms with Gasteiger partial charge < -0.3 is 15.8 Å². The Morgan fingerprint density at radius 1 is 1.12 bits per heavy atom. The minimum atomic E-state index is -2.78. The molecule has 3 N–H and O–H groups in total. The highest BCUT2D eigenvalue weighted by Gasteiger charge is 2.40. The minimum absolute atomic E-state index is 0.0743. The number of carbonyl (C=O) groups is 2. The van der Waals surface area contributed by atoms with Crippen LogP contribution >= 0.6 is 11.6 Å². The molecule has 2 aromatic carbocycles. The summed E-state index contributed by atoms with van der Waals surface area (Å²) in [6, 6.07) is 16.2. The van der Waals surface area contributed by atoms with Gasteiger partial charge in [-0.2, -0.15) is 13.9 Å². The molecule has 1 fully saturated rings. The molecule has 0 radical (unpaired) electrons. The molecule has 2 amide bonds. The third-order valence-corrected chi connectivity index (χ3v) is 8.18. The van der Waals surface area contributed by atoms with E-state index in [1.165, 1.54) is 17.3 Å². The molecule has 10 nitrogen and oxygen atoms in total. The highest BCUT2D eigenvalue weighted by atomic mass is 35.5. The molecule has 1 aliphatic carbocycles. The number of pyridine rings is 1. The van der Waals surface area contributed by atoms with Gasteiger partial charge in [0.2, 0.25) is 0 Å². The lowest BCUT2D eigenvalue weighted by molar-refractivity contribution is 0.0566. The molecule has 48 heavy (non-hydrogen) atoms. The summed E-state index contributed by atoms with van der Waals surface area (Å²) in [5.41, 5.74) is 9.14. The standard InChI is InChI=1S/C35H38ClF2N7O3/c1-34(2,3)21-41-32(39)45(30(46)23-10-8-22(9-11-23)25-18-42-44(19-25)31(37)38)29(20-48-33(47)43-35(4)14-15-35)24-12-13-27(36)26(17-24)28-7-5-6-16-40-28/h5-13,16-19,29,31H,14-15,20-21H2,1-4H3,(H2,39,41)(H,43,47)/t29-/m1/s1. The number of hydrogen-bond donors (Lipinski definition) is 2. The van der Waals surface area contributed by atoms with Gasteiger partial charge in [0.1, 0.15) is 6.61 Å². The number of alkyl halides is 2. The Kier molecular flexibility index (Phi) is 10.1. The number of rotatable bonds is 10. The van der Waals surface area contributed by atoms with E-state index in [9.17, 15) is 18.4 Å². The number of aromatic nitrogens is 3. The molecular weight excluding hydrogens is 640 g/mol. The van der Waals surface area contributed by atoms with E-state index in [2.05, 4.69) is 20.4 Å². The molecule has 0 aliphatic heterocycles. The number of nitrogens with two attached hydrogens (primary N) is 1. The Morgan fingerprint density at radius 3 is 2.46 bits per heavy atom. The van der Waals surface area contributed by atoms with Crippen molar-refractivity contribution in [2.75, 3.05) is 13.2 Å². The molecule has 1 saturated carbocycles. The van der Waals surface area contributed by atoms with Crippen molar-refractivity contribution in [3.8, 4) is 22.4 Å². The molecule has 0 unspecified atom stereocenters. The average Bonchev–Trinajstić information content (AvgIpc) is 3.56. The second kappa shape index (κ2) is 14.1. The summed E-state index contributed by atoms with van der Waals surface area (Å²) in [6.45, 7) is 5.18. The smallest absolute Gasteiger partial charge is 0.407 e. The lowest BCUT2D eigenvalue weighted by Crippen LogP contribution is -2.47. The monoisotopic (exact) mass is 677 g/mol. The summed E-state index contributed by atoms with van der Waals surface area (Å²) in [5, 5.41) is 7.01. The van der Waals surface area contributed by atoms with Crippen molar-refractivity contribution in [3.05, 3.63) is 95.4 Å². The third-order valence-electron chi connectivity index (χ3n) is 7.85. The quantitative estimate of drug-likeness (QED) is 0.132. The van der Waals surface area contributed by atoms with Crippen molar-refractivity contribution in [1.82, 2.24) is 25.0 Å². The molecule has 0 spiro atoms. The first kappa shape index (κ1) is 34.5. The Morgan fingerprint density at radius 2 is 1.85 bits per heavy atom. The van der Waals surface area contributed by atoms with Gasteiger partial charge in [0.05, 0.1) is 17.9 Å². The normalized spacial score (nSPS) is 14.8. The SMILES string of the molecule is CC(C)(C)CN=C(N)N(C(=O)c1ccc(-c2cnn(C(F)F)c2)cc1)[C@H](COC(=O)NC1(C)CC1)c1ccc(Cl)c(-c2ccccn2)c1. The van der Waals surface area contributed by atoms with Gasteiger partial charge in [0, 0.05) is 46.2 Å². The Hall–Kier alpha value is -4.84. The van der Waals surface area contributed by atoms with E-state index in [1.807, 2.05) is 39.8 Å². The summed E-state index contributed by atoms with van der Waals surface area (Å²) in [5.74, 6) is -0.591. The van der Waals surface area contributed by atoms with E-state index in [1.54, 1.807) is 54.7 Å². The zero-order valence-electron chi connectivity index (χ0n) is 27.2. The molecule has 1 atom stereocenters. The number of amides is 2. The first-order chi connectivity index (χ1) is 22.7. The highest BCUT2D eigenvalue weighted by Crippen LogP contribution is 2.35. The van der Waals surface area contributed by atoms with Crippen LogP contribution in [0, 0.1) is 5.41 Å². The van der Waals surface area contributed by atoms with E-state index >= 15 is 0 Å². The van der Waals surface area contributed by atoms with Crippen LogP contribution in [-0.2, 0) is 4.74 Å². The van der Waals surface area contributed by atoms with Crippen molar-refractivity contribution in [2.24, 2.45) is 16.1 Å². The lowest BCUT2D eigenvalue weighted by atomic mass is 9.97. The van der Waals surface area contributed by atoms with Crippen molar-refractivity contribution < 1.29 is 23.1 Å². The van der Waals surface area contributed by atoms with Gasteiger partial charge in [0.15, 0.2) is 5.96 Å². The number of benzene rings is 2. The van der Waals surface area contributed by atoms with Gasteiger partial charge in [-0.1, -0.05) is 56.6 Å². The maximum Gasteiger partial charge on any atom is 0.407 e. The second-order valence-corrected chi connectivity index (χ2v) is 13.6. The average molecular weight is 678 g/mol. The fourth-order valence-electron chi connectivity index (χ4n) is 4.88. The number of nitrogens with one attached hydrogen (secondary N) is 1. The number of halogens is 3. The van der Waals surface area contributed by atoms with E-state index in [-0.39, 0.29) is 29.1 Å². The highest BCUT2D eigenvalue weighted by molar-refractivity contribution is 6.33. The second-order valence-electron chi connectivity index (χ2n) is 13.2. The molecule has 13 heteroatoms. The zero-order valence-corrected chi connectivity index (χ0v) is 27.9. The van der Waals surface area contributed by atoms with Gasteiger partial charge >= 0.3 is 12.6 Å². The number of guanidine groups is 1. The predicted molar refractivity (Wildman–Crippen MR) is 181 cm³/mol. The third kappa shape index (κ3) is 8.54. The summed E-state index contributed by atoms with van der Waals surface area (Å²) >= 11 is 6.62. The molecule has 1 aliphatic rings. The van der Waals surface area contributed by atoms with Gasteiger partial charge in [0.25, 0.3) is 5.91 Å². The Bertz CT molecular complexity index is 1790. The van der Waals surface area contributed by atoms with Crippen molar-refractivity contribution in [2.45, 2.75) is 58.7 Å². The maximum atomic E-state index is 14.4. The molecular formula is C35H38ClF2N7O3. The lowest BCUT2D eigenvalue weighted by Gasteiger charge is -2.32. The van der Waals surface area contributed by atoms with Gasteiger partial charge in [-0.3, -0.25) is 19.7 Å². The summed E-state index contributed by atoms with van der Waals surface area (Å²) in [7, 11) is 0. The number of alkyl carbamates (subject to hydrolysis) is 1. The van der Waals surface area contributed by atoms with Crippen molar-refractivity contribution in [3.63, 3.8) is 0 Å². The first-order valence-corrected chi connectivity index (χ1v) is 15.8. The molecule has 5 rings (SSSR count). The van der Waals surface area contributed by atoms with E-state index in [0.717, 1.165) is 12.8 Å². The van der Waals surface area contributed by atoms with E-state index in [4.69, 9.17) is 22.1 Å². The molecule has 0 bridgehead atoms. The van der Waals surface area contributed by atoms with Gasteiger partial charge in [-0.05, 0) is 72.7 Å². The minimum Gasteiger partial charge on any atom is -0.447 e. The van der Waals surface area contributed by atoms with Crippen LogP contribution in [0.15, 0.2) is 84.2 Å². The van der Waals surface area contributed by atoms with Crippen molar-refractivity contribution >= 4 is 29.6 Å². The number of hydrogen-bond acceptors (Lipinski definition) is 6. The van der Waals surface area contributed by atoms with Crippen LogP contribution in [-0.4, -0.2) is 56.3 Å². The fraction of sp³-hybridized carbons (Fsp3) is 0.343. The van der Waals surface area contributed by atoms with Gasteiger partial charge in [-0.15, -0.1) is 0 Å². The van der Waals surface area contributed by atoms with E-state index < -0.39 is 24.6 Å². The first-order valence-electron chi connectivity index (χ1n) is 15.4. The summed E-state index contributed by atoms with van der Waals surface area (Å²) in [6.07, 6.45) is 5.26. The van der Waals surface area contributed by atoms with Crippen LogP contribution in [0.1, 0.15) is 69.0 Å².